The second-order valence-corrected chi connectivity index (χ2v) is 11.1. The van der Waals surface area contributed by atoms with E-state index < -0.39 is 89.9 Å². The van der Waals surface area contributed by atoms with Crippen LogP contribution >= 0.6 is 0 Å². The van der Waals surface area contributed by atoms with E-state index in [1.807, 2.05) is 0 Å². The molecular weight excluding hydrogens is 619 g/mol. The normalized spacial score (nSPS) is 20.5. The van der Waals surface area contributed by atoms with Crippen molar-refractivity contribution in [2.45, 2.75) is 101 Å². The quantitative estimate of drug-likeness (QED) is 0.204. The van der Waals surface area contributed by atoms with Crippen LogP contribution in [0.4, 0.5) is 39.5 Å². The van der Waals surface area contributed by atoms with Gasteiger partial charge in [-0.05, 0) is 65.7 Å². The Bertz CT molecular complexity index is 1030. The van der Waals surface area contributed by atoms with Crippen molar-refractivity contribution in [2.24, 2.45) is 11.8 Å². The fourth-order valence-corrected chi connectivity index (χ4v) is 4.27. The summed E-state index contributed by atoms with van der Waals surface area (Å²) in [5, 5.41) is 18.3. The van der Waals surface area contributed by atoms with Gasteiger partial charge >= 0.3 is 48.0 Å². The molecular formula is C24H31F9O10. The minimum Gasteiger partial charge on any atom is -0.457 e. The molecule has 3 unspecified atom stereocenters. The number of alkyl halides is 9. The third kappa shape index (κ3) is 8.86. The first-order valence-corrected chi connectivity index (χ1v) is 12.4. The van der Waals surface area contributed by atoms with Crippen LogP contribution in [0.1, 0.15) is 60.3 Å². The Morgan fingerprint density at radius 2 is 0.977 bits per heavy atom. The lowest BCUT2D eigenvalue weighted by Crippen LogP contribution is -2.63. The van der Waals surface area contributed by atoms with Crippen molar-refractivity contribution in [2.75, 3.05) is 13.2 Å². The van der Waals surface area contributed by atoms with Crippen molar-refractivity contribution < 1.29 is 87.9 Å². The molecule has 0 aliphatic heterocycles. The largest absolute Gasteiger partial charge is 0.457 e. The highest BCUT2D eigenvalue weighted by Gasteiger charge is 2.76. The van der Waals surface area contributed by atoms with Crippen LogP contribution in [-0.2, 0) is 38.1 Å². The molecule has 0 radical (unpaired) electrons. The highest BCUT2D eigenvalue weighted by molar-refractivity contribution is 5.84. The van der Waals surface area contributed by atoms with Gasteiger partial charge in [0, 0.05) is 0 Å². The zero-order valence-electron chi connectivity index (χ0n) is 23.5. The molecule has 2 N–H and O–H groups in total. The van der Waals surface area contributed by atoms with Crippen LogP contribution in [0.5, 0.6) is 0 Å². The van der Waals surface area contributed by atoms with E-state index in [9.17, 15) is 63.8 Å². The van der Waals surface area contributed by atoms with Crippen LogP contribution in [-0.4, -0.2) is 88.2 Å². The molecule has 0 spiro atoms. The van der Waals surface area contributed by atoms with Crippen LogP contribution in [0.2, 0.25) is 0 Å². The lowest BCUT2D eigenvalue weighted by atomic mass is 9.69. The molecule has 3 atom stereocenters. The Morgan fingerprint density at radius 3 is 1.30 bits per heavy atom. The lowest BCUT2D eigenvalue weighted by molar-refractivity contribution is -0.356. The van der Waals surface area contributed by atoms with Gasteiger partial charge in [0.05, 0.1) is 0 Å². The molecule has 250 valence electrons. The van der Waals surface area contributed by atoms with Crippen molar-refractivity contribution >= 4 is 23.9 Å². The van der Waals surface area contributed by atoms with Gasteiger partial charge in [0.2, 0.25) is 0 Å². The van der Waals surface area contributed by atoms with Gasteiger partial charge in [-0.3, -0.25) is 0 Å². The van der Waals surface area contributed by atoms with E-state index in [2.05, 4.69) is 9.47 Å². The highest BCUT2D eigenvalue weighted by atomic mass is 19.4. The summed E-state index contributed by atoms with van der Waals surface area (Å²) in [4.78, 5) is 47.4. The zero-order chi connectivity index (χ0) is 34.0. The number of halogens is 9. The fourth-order valence-electron chi connectivity index (χ4n) is 4.27. The van der Waals surface area contributed by atoms with Crippen LogP contribution in [0.15, 0.2) is 0 Å². The topological polar surface area (TPSA) is 146 Å². The van der Waals surface area contributed by atoms with Crippen LogP contribution in [0, 0.1) is 11.8 Å². The van der Waals surface area contributed by atoms with E-state index in [0.717, 1.165) is 0 Å². The second kappa shape index (κ2) is 12.6. The average Bonchev–Trinajstić information content (AvgIpc) is 2.82. The zero-order valence-corrected chi connectivity index (χ0v) is 23.5. The van der Waals surface area contributed by atoms with Gasteiger partial charge in [0.25, 0.3) is 5.60 Å². The standard InChI is InChI=1S/C24H31F9O10/c1-18(2,42-14(34)10-40-16(36)20(5,38)22(25,26)27)12-7-6-8-13(9-12)19(3,4)43-15(35)11-41-17(37)21(39,23(28,29)30)24(31,32)33/h12-13,38-39H,6-11H2,1-5H3. The molecule has 0 aromatic carbocycles. The molecule has 43 heavy (non-hydrogen) atoms. The summed E-state index contributed by atoms with van der Waals surface area (Å²) in [5.74, 6) is -9.14. The Morgan fingerprint density at radius 1 is 0.628 bits per heavy atom. The number of rotatable bonds is 10. The number of carbonyl (C=O) groups is 4. The molecule has 0 aromatic heterocycles. The minimum absolute atomic E-state index is 0.135. The molecule has 1 rings (SSSR count). The van der Waals surface area contributed by atoms with Crippen molar-refractivity contribution in [1.82, 2.24) is 0 Å². The summed E-state index contributed by atoms with van der Waals surface area (Å²) >= 11 is 0. The number of aliphatic hydroxyl groups is 2. The molecule has 1 fully saturated rings. The molecule has 10 nitrogen and oxygen atoms in total. The van der Waals surface area contributed by atoms with Gasteiger partial charge < -0.3 is 29.2 Å². The van der Waals surface area contributed by atoms with E-state index in [4.69, 9.17) is 14.6 Å². The maximum atomic E-state index is 12.8. The first kappa shape index (κ1) is 38.2. The molecule has 19 heteroatoms. The van der Waals surface area contributed by atoms with Crippen molar-refractivity contribution in [1.29, 1.82) is 0 Å². The number of hydrogen-bond acceptors (Lipinski definition) is 10. The summed E-state index contributed by atoms with van der Waals surface area (Å²) in [6, 6.07) is 0. The highest BCUT2D eigenvalue weighted by Crippen LogP contribution is 2.45. The Hall–Kier alpha value is -2.83. The van der Waals surface area contributed by atoms with Crippen LogP contribution < -0.4 is 0 Å². The van der Waals surface area contributed by atoms with E-state index in [0.29, 0.717) is 19.3 Å². The third-order valence-electron chi connectivity index (χ3n) is 7.10. The summed E-state index contributed by atoms with van der Waals surface area (Å²) in [6.45, 7) is 2.76. The van der Waals surface area contributed by atoms with Gasteiger partial charge in [0.1, 0.15) is 11.2 Å². The lowest BCUT2D eigenvalue weighted by Gasteiger charge is -2.44. The Labute approximate surface area is 238 Å². The van der Waals surface area contributed by atoms with Gasteiger partial charge in [0.15, 0.2) is 13.2 Å². The molecule has 0 bridgehead atoms. The molecule has 1 aliphatic rings. The van der Waals surface area contributed by atoms with E-state index in [1.54, 1.807) is 0 Å². The molecule has 0 saturated heterocycles. The maximum absolute atomic E-state index is 12.8. The Balaban J connectivity index is 2.82. The first-order chi connectivity index (χ1) is 19.0. The SMILES string of the molecule is CC(C)(OC(=O)COC(=O)C(C)(O)C(F)(F)F)C1CCCC(C(C)(C)OC(=O)COC(=O)C(O)(C(F)(F)F)C(F)(F)F)C1. The van der Waals surface area contributed by atoms with Crippen LogP contribution in [0.25, 0.3) is 0 Å². The summed E-state index contributed by atoms with van der Waals surface area (Å²) < 4.78 is 133. The number of esters is 4. The number of hydrogen-bond donors (Lipinski definition) is 2. The van der Waals surface area contributed by atoms with Crippen LogP contribution in [0.3, 0.4) is 0 Å². The Kier molecular flexibility index (Phi) is 11.2. The van der Waals surface area contributed by atoms with Gasteiger partial charge in [-0.15, -0.1) is 0 Å². The third-order valence-corrected chi connectivity index (χ3v) is 7.10. The molecule has 1 saturated carbocycles. The summed E-state index contributed by atoms with van der Waals surface area (Å²) in [5.41, 5.74) is -12.5. The summed E-state index contributed by atoms with van der Waals surface area (Å²) in [7, 11) is 0. The fraction of sp³-hybridized carbons (Fsp3) is 0.833. The summed E-state index contributed by atoms with van der Waals surface area (Å²) in [6.07, 6.45) is -17.0. The van der Waals surface area contributed by atoms with Gasteiger partial charge in [-0.25, -0.2) is 19.2 Å². The second-order valence-electron chi connectivity index (χ2n) is 11.1. The molecule has 0 heterocycles. The van der Waals surface area contributed by atoms with Crippen molar-refractivity contribution in [3.05, 3.63) is 0 Å². The minimum atomic E-state index is -6.51. The average molecular weight is 650 g/mol. The van der Waals surface area contributed by atoms with E-state index in [-0.39, 0.29) is 13.3 Å². The monoisotopic (exact) mass is 650 g/mol. The maximum Gasteiger partial charge on any atom is 0.437 e. The van der Waals surface area contributed by atoms with Crippen molar-refractivity contribution in [3.8, 4) is 0 Å². The smallest absolute Gasteiger partial charge is 0.437 e. The molecule has 1 aliphatic carbocycles. The predicted octanol–water partition coefficient (Wildman–Crippen LogP) is 3.69. The first-order valence-electron chi connectivity index (χ1n) is 12.4. The van der Waals surface area contributed by atoms with Gasteiger partial charge in [-0.2, -0.15) is 39.5 Å². The number of ether oxygens (including phenoxy) is 4. The number of carbonyl (C=O) groups excluding carboxylic acids is 4. The van der Waals surface area contributed by atoms with E-state index >= 15 is 0 Å². The van der Waals surface area contributed by atoms with E-state index in [1.165, 1.54) is 27.7 Å². The molecule has 0 aromatic rings. The van der Waals surface area contributed by atoms with Gasteiger partial charge in [-0.1, -0.05) is 6.42 Å². The molecule has 0 amide bonds. The van der Waals surface area contributed by atoms with Crippen molar-refractivity contribution in [3.63, 3.8) is 0 Å². The predicted molar refractivity (Wildman–Crippen MR) is 121 cm³/mol.